The maximum absolute atomic E-state index is 13.0. The summed E-state index contributed by atoms with van der Waals surface area (Å²) >= 11 is 0. The number of fused-ring (bicyclic) bond motifs is 1. The van der Waals surface area contributed by atoms with Gasteiger partial charge in [0, 0.05) is 0 Å². The normalized spacial score (nSPS) is 15.0. The lowest BCUT2D eigenvalue weighted by molar-refractivity contribution is 0.532. The first-order valence-electron chi connectivity index (χ1n) is 7.80. The van der Waals surface area contributed by atoms with Crippen LogP contribution in [0.2, 0.25) is 0 Å². The van der Waals surface area contributed by atoms with Crippen LogP contribution in [0.15, 0.2) is 42.5 Å². The minimum absolute atomic E-state index is 0.179. The molecule has 2 heteroatoms. The fourth-order valence-electron chi connectivity index (χ4n) is 3.28. The van der Waals surface area contributed by atoms with Crippen molar-refractivity contribution in [3.63, 3.8) is 0 Å². The van der Waals surface area contributed by atoms with Crippen LogP contribution < -0.4 is 5.73 Å². The molecule has 0 saturated heterocycles. The summed E-state index contributed by atoms with van der Waals surface area (Å²) in [7, 11) is 0. The Morgan fingerprint density at radius 3 is 2.33 bits per heavy atom. The van der Waals surface area contributed by atoms with Gasteiger partial charge in [-0.1, -0.05) is 30.3 Å². The summed E-state index contributed by atoms with van der Waals surface area (Å²) in [6.07, 6.45) is 5.64. The van der Waals surface area contributed by atoms with Crippen molar-refractivity contribution in [3.8, 4) is 0 Å². The van der Waals surface area contributed by atoms with E-state index in [0.717, 1.165) is 18.4 Å². The lowest BCUT2D eigenvalue weighted by atomic mass is 9.91. The van der Waals surface area contributed by atoms with Gasteiger partial charge in [-0.3, -0.25) is 0 Å². The van der Waals surface area contributed by atoms with Crippen LogP contribution in [0.5, 0.6) is 0 Å². The molecule has 0 amide bonds. The number of halogens is 1. The summed E-state index contributed by atoms with van der Waals surface area (Å²) in [4.78, 5) is 0. The zero-order chi connectivity index (χ0) is 14.7. The van der Waals surface area contributed by atoms with Crippen LogP contribution >= 0.6 is 0 Å². The highest BCUT2D eigenvalue weighted by Gasteiger charge is 2.13. The number of hydrogen-bond donors (Lipinski definition) is 1. The first kappa shape index (κ1) is 14.3. The van der Waals surface area contributed by atoms with Gasteiger partial charge < -0.3 is 5.73 Å². The van der Waals surface area contributed by atoms with Crippen molar-refractivity contribution in [2.75, 3.05) is 6.54 Å². The summed E-state index contributed by atoms with van der Waals surface area (Å²) in [6.45, 7) is 0.661. The quantitative estimate of drug-likeness (QED) is 0.890. The molecule has 0 spiro atoms. The number of benzene rings is 2. The summed E-state index contributed by atoms with van der Waals surface area (Å²) < 4.78 is 13.0. The Morgan fingerprint density at radius 1 is 0.905 bits per heavy atom. The monoisotopic (exact) mass is 283 g/mol. The third-order valence-electron chi connectivity index (χ3n) is 4.46. The molecule has 2 N–H and O–H groups in total. The van der Waals surface area contributed by atoms with Crippen molar-refractivity contribution in [2.24, 2.45) is 11.7 Å². The van der Waals surface area contributed by atoms with Gasteiger partial charge in [0.25, 0.3) is 0 Å². The van der Waals surface area contributed by atoms with Crippen molar-refractivity contribution >= 4 is 0 Å². The Hall–Kier alpha value is -1.67. The third-order valence-corrected chi connectivity index (χ3v) is 4.46. The first-order chi connectivity index (χ1) is 10.2. The van der Waals surface area contributed by atoms with Crippen LogP contribution in [-0.2, 0) is 25.7 Å². The number of nitrogens with two attached hydrogens (primary N) is 1. The molecule has 110 valence electrons. The van der Waals surface area contributed by atoms with E-state index in [4.69, 9.17) is 5.73 Å². The molecule has 3 rings (SSSR count). The van der Waals surface area contributed by atoms with Gasteiger partial charge in [-0.15, -0.1) is 0 Å². The third kappa shape index (κ3) is 3.51. The lowest BCUT2D eigenvalue weighted by Crippen LogP contribution is -2.19. The highest BCUT2D eigenvalue weighted by molar-refractivity contribution is 5.35. The van der Waals surface area contributed by atoms with E-state index in [-0.39, 0.29) is 5.82 Å². The molecule has 2 aromatic rings. The molecule has 1 atom stereocenters. The molecule has 0 aliphatic heterocycles. The van der Waals surface area contributed by atoms with Crippen LogP contribution in [0, 0.1) is 11.7 Å². The molecule has 0 bridgehead atoms. The SMILES string of the molecule is NCC(Cc1ccc(F)cc1)Cc1ccc2c(c1)CCC2. The summed E-state index contributed by atoms with van der Waals surface area (Å²) in [5.41, 5.74) is 11.5. The number of aryl methyl sites for hydroxylation is 2. The highest BCUT2D eigenvalue weighted by atomic mass is 19.1. The van der Waals surface area contributed by atoms with E-state index in [2.05, 4.69) is 18.2 Å². The predicted molar refractivity (Wildman–Crippen MR) is 84.8 cm³/mol. The minimum atomic E-state index is -0.179. The molecule has 2 aromatic carbocycles. The minimum Gasteiger partial charge on any atom is -0.330 e. The lowest BCUT2D eigenvalue weighted by Gasteiger charge is -2.16. The molecular weight excluding hydrogens is 261 g/mol. The Balaban J connectivity index is 1.68. The summed E-state index contributed by atoms with van der Waals surface area (Å²) in [5, 5.41) is 0. The molecule has 21 heavy (non-hydrogen) atoms. The van der Waals surface area contributed by atoms with Crippen LogP contribution in [-0.4, -0.2) is 6.54 Å². The van der Waals surface area contributed by atoms with Crippen LogP contribution in [0.3, 0.4) is 0 Å². The molecule has 0 aromatic heterocycles. The van der Waals surface area contributed by atoms with Crippen molar-refractivity contribution in [1.29, 1.82) is 0 Å². The fourth-order valence-corrected chi connectivity index (χ4v) is 3.28. The number of rotatable bonds is 5. The average molecular weight is 283 g/mol. The topological polar surface area (TPSA) is 26.0 Å². The van der Waals surface area contributed by atoms with Crippen LogP contribution in [0.1, 0.15) is 28.7 Å². The van der Waals surface area contributed by atoms with Crippen LogP contribution in [0.25, 0.3) is 0 Å². The van der Waals surface area contributed by atoms with Gasteiger partial charge >= 0.3 is 0 Å². The molecule has 0 saturated carbocycles. The zero-order valence-electron chi connectivity index (χ0n) is 12.3. The second-order valence-electron chi connectivity index (χ2n) is 6.09. The standard InChI is InChI=1S/C19H22FN/c20-19-8-5-14(6-9-19)10-16(13-21)11-15-4-7-17-2-1-3-18(17)12-15/h4-9,12,16H,1-3,10-11,13,21H2. The zero-order valence-corrected chi connectivity index (χ0v) is 12.3. The second kappa shape index (κ2) is 6.40. The molecule has 1 aliphatic rings. The highest BCUT2D eigenvalue weighted by Crippen LogP contribution is 2.24. The smallest absolute Gasteiger partial charge is 0.123 e. The summed E-state index contributed by atoms with van der Waals surface area (Å²) in [6, 6.07) is 13.7. The van der Waals surface area contributed by atoms with Gasteiger partial charge in [0.15, 0.2) is 0 Å². The van der Waals surface area contributed by atoms with E-state index in [9.17, 15) is 4.39 Å². The second-order valence-corrected chi connectivity index (χ2v) is 6.09. The molecule has 1 aliphatic carbocycles. The van der Waals surface area contributed by atoms with Crippen molar-refractivity contribution in [2.45, 2.75) is 32.1 Å². The largest absolute Gasteiger partial charge is 0.330 e. The predicted octanol–water partition coefficient (Wildman–Crippen LogP) is 3.67. The van der Waals surface area contributed by atoms with Gasteiger partial charge in [0.1, 0.15) is 5.82 Å². The van der Waals surface area contributed by atoms with E-state index >= 15 is 0 Å². The fraction of sp³-hybridized carbons (Fsp3) is 0.368. The van der Waals surface area contributed by atoms with Gasteiger partial charge in [0.2, 0.25) is 0 Å². The van der Waals surface area contributed by atoms with E-state index in [0.29, 0.717) is 12.5 Å². The molecule has 0 fully saturated rings. The van der Waals surface area contributed by atoms with Crippen molar-refractivity contribution < 1.29 is 4.39 Å². The molecule has 1 nitrogen and oxygen atoms in total. The van der Waals surface area contributed by atoms with Crippen LogP contribution in [0.4, 0.5) is 4.39 Å². The Morgan fingerprint density at radius 2 is 1.57 bits per heavy atom. The Kier molecular flexibility index (Phi) is 4.35. The average Bonchev–Trinajstić information content (AvgIpc) is 2.96. The van der Waals surface area contributed by atoms with Gasteiger partial charge in [-0.2, -0.15) is 0 Å². The maximum Gasteiger partial charge on any atom is 0.123 e. The van der Waals surface area contributed by atoms with E-state index < -0.39 is 0 Å². The first-order valence-corrected chi connectivity index (χ1v) is 7.80. The van der Waals surface area contributed by atoms with Gasteiger partial charge in [0.05, 0.1) is 0 Å². The van der Waals surface area contributed by atoms with Crippen molar-refractivity contribution in [1.82, 2.24) is 0 Å². The van der Waals surface area contributed by atoms with Crippen molar-refractivity contribution in [3.05, 3.63) is 70.5 Å². The molecule has 0 radical (unpaired) electrons. The molecule has 1 unspecified atom stereocenters. The van der Waals surface area contributed by atoms with Gasteiger partial charge in [-0.05, 0) is 79.0 Å². The van der Waals surface area contributed by atoms with E-state index in [1.54, 1.807) is 0 Å². The Labute approximate surface area is 126 Å². The molecular formula is C19H22FN. The summed E-state index contributed by atoms with van der Waals surface area (Å²) in [5.74, 6) is 0.233. The number of hydrogen-bond acceptors (Lipinski definition) is 1. The van der Waals surface area contributed by atoms with Gasteiger partial charge in [-0.25, -0.2) is 4.39 Å². The maximum atomic E-state index is 13.0. The Bertz CT molecular complexity index is 603. The van der Waals surface area contributed by atoms with E-state index in [1.165, 1.54) is 48.1 Å². The molecule has 0 heterocycles. The van der Waals surface area contributed by atoms with E-state index in [1.807, 2.05) is 12.1 Å².